The maximum Gasteiger partial charge on any atom is 0.214 e. The molecule has 6 aromatic heterocycles. The molecule has 0 fully saturated rings. The van der Waals surface area contributed by atoms with Crippen LogP contribution in [0.5, 0.6) is 5.88 Å². The molecule has 11 nitrogen and oxygen atoms in total. The van der Waals surface area contributed by atoms with E-state index in [1.165, 1.54) is 67.5 Å². The van der Waals surface area contributed by atoms with Crippen LogP contribution in [0.2, 0.25) is 0 Å². The van der Waals surface area contributed by atoms with Crippen molar-refractivity contribution in [1.29, 1.82) is 0 Å². The van der Waals surface area contributed by atoms with E-state index in [0.717, 1.165) is 78.6 Å². The minimum absolute atomic E-state index is 0.740. The Morgan fingerprint density at radius 3 is 2.35 bits per heavy atom. The zero-order valence-electron chi connectivity index (χ0n) is 36.5. The highest BCUT2D eigenvalue weighted by atomic mass is 32.1. The third kappa shape index (κ3) is 11.9. The maximum absolute atomic E-state index is 5.39. The Morgan fingerprint density at radius 1 is 0.677 bits per heavy atom. The standard InChI is InChI=1S/C10H9N.C9H11NO.C9H11N.C8H8N2.C7H10N2O.C7H6N2S/c1-8-6-7-11-10-5-3-2-4-9(8)10;1-7-4-8-6-11-3-2-9(8)10-5-7;1-7-2-3-9-8(6-7)4-5-10-9;1-6-2-3-8-7(4-6)5-9-10-8;1-6-5-8-9-3-2-4-10-7(6)9;1-5-2-6-7(8-3-5)10-4-9-6/h2-7H,1H3;4-5H,2-3,6H2,1H3;2-3,6,10H,4-5H2,1H3;2-5H,1H3,(H,9,10);5H,2-4H2,1H3;2-4H,1H3. The first-order valence-corrected chi connectivity index (χ1v) is 21.9. The van der Waals surface area contributed by atoms with Crippen molar-refractivity contribution in [1.82, 2.24) is 39.9 Å². The smallest absolute Gasteiger partial charge is 0.214 e. The molecule has 0 atom stereocenters. The van der Waals surface area contributed by atoms with Crippen LogP contribution >= 0.6 is 11.3 Å². The van der Waals surface area contributed by atoms with Crippen LogP contribution in [0.1, 0.15) is 56.6 Å². The first-order valence-electron chi connectivity index (χ1n) is 21.1. The predicted octanol–water partition coefficient (Wildman–Crippen LogP) is 10.8. The summed E-state index contributed by atoms with van der Waals surface area (Å²) >= 11 is 1.57. The van der Waals surface area contributed by atoms with Gasteiger partial charge in [0.15, 0.2) is 0 Å². The topological polar surface area (TPSA) is 129 Å². The lowest BCUT2D eigenvalue weighted by molar-refractivity contribution is 0.109. The van der Waals surface area contributed by atoms with Gasteiger partial charge in [0.05, 0.1) is 48.8 Å². The molecule has 12 rings (SSSR count). The van der Waals surface area contributed by atoms with Crippen molar-refractivity contribution in [3.63, 3.8) is 0 Å². The summed E-state index contributed by atoms with van der Waals surface area (Å²) in [6.07, 6.45) is 12.5. The Hall–Kier alpha value is -6.50. The van der Waals surface area contributed by atoms with Crippen molar-refractivity contribution in [2.45, 2.75) is 74.0 Å². The van der Waals surface area contributed by atoms with Gasteiger partial charge in [-0.1, -0.05) is 53.6 Å². The average Bonchev–Trinajstić information content (AvgIpc) is 4.13. The molecule has 2 N–H and O–H groups in total. The molecule has 9 heterocycles. The van der Waals surface area contributed by atoms with Gasteiger partial charge in [-0.15, -0.1) is 11.3 Å². The normalized spacial score (nSPS) is 13.0. The van der Waals surface area contributed by atoms with Crippen LogP contribution in [0.3, 0.4) is 0 Å². The van der Waals surface area contributed by atoms with Gasteiger partial charge in [-0.05, 0) is 112 Å². The lowest BCUT2D eigenvalue weighted by Gasteiger charge is -2.15. The lowest BCUT2D eigenvalue weighted by Crippen LogP contribution is -2.14. The molecule has 0 saturated heterocycles. The van der Waals surface area contributed by atoms with Gasteiger partial charge in [0.1, 0.15) is 10.3 Å². The Morgan fingerprint density at radius 2 is 1.48 bits per heavy atom. The molecular formula is C50H55N9O2S. The molecule has 0 amide bonds. The number of aryl methyl sites for hydroxylation is 7. The summed E-state index contributed by atoms with van der Waals surface area (Å²) in [5, 5.41) is 16.7. The molecule has 0 radical (unpaired) electrons. The Kier molecular flexibility index (Phi) is 15.0. The SMILES string of the molecule is Cc1ccc2[nH]ncc2c1.Cc1ccc2c(c1)CCN2.Cc1ccnc2ccccc12.Cc1cnc2c(c1)COCC2.Cc1cnc2scnc2c1.Cc1cnn2c1OCCC2. The number of para-hydroxylation sites is 1. The zero-order valence-corrected chi connectivity index (χ0v) is 37.3. The molecule has 3 aliphatic rings. The van der Waals surface area contributed by atoms with Crippen molar-refractivity contribution in [2.24, 2.45) is 0 Å². The molecule has 9 aromatic rings. The summed E-state index contributed by atoms with van der Waals surface area (Å²) in [5.41, 5.74) is 17.7. The highest BCUT2D eigenvalue weighted by Gasteiger charge is 2.12. The first kappa shape index (κ1) is 43.6. The summed E-state index contributed by atoms with van der Waals surface area (Å²) in [6.45, 7) is 16.9. The number of thiazole rings is 1. The van der Waals surface area contributed by atoms with E-state index in [1.807, 2.05) is 91.4 Å². The quantitative estimate of drug-likeness (QED) is 0.153. The molecule has 318 valence electrons. The number of fused-ring (bicyclic) bond motifs is 6. The first-order chi connectivity index (χ1) is 30.2. The number of H-pyrrole nitrogens is 1. The fourth-order valence-corrected chi connectivity index (χ4v) is 7.76. The molecule has 0 unspecified atom stereocenters. The summed E-state index contributed by atoms with van der Waals surface area (Å²) in [5.74, 6) is 0.950. The molecule has 3 aromatic carbocycles. The molecule has 0 aliphatic carbocycles. The third-order valence-corrected chi connectivity index (χ3v) is 11.2. The second kappa shape index (κ2) is 21.3. The van der Waals surface area contributed by atoms with Gasteiger partial charge < -0.3 is 14.8 Å². The highest BCUT2D eigenvalue weighted by Crippen LogP contribution is 2.23. The maximum atomic E-state index is 5.39. The van der Waals surface area contributed by atoms with Crippen LogP contribution < -0.4 is 10.1 Å². The Bertz CT molecular complexity index is 2770. The molecular weight excluding hydrogens is 791 g/mol. The van der Waals surface area contributed by atoms with E-state index in [9.17, 15) is 0 Å². The summed E-state index contributed by atoms with van der Waals surface area (Å²) in [4.78, 5) is 17.9. The number of anilines is 1. The predicted molar refractivity (Wildman–Crippen MR) is 252 cm³/mol. The van der Waals surface area contributed by atoms with Gasteiger partial charge in [-0.2, -0.15) is 10.2 Å². The van der Waals surface area contributed by atoms with E-state index in [2.05, 4.69) is 111 Å². The summed E-state index contributed by atoms with van der Waals surface area (Å²) in [6, 6.07) is 27.2. The van der Waals surface area contributed by atoms with Gasteiger partial charge in [0, 0.05) is 72.2 Å². The zero-order chi connectivity index (χ0) is 43.3. The minimum atomic E-state index is 0.740. The Balaban J connectivity index is 0.000000112. The van der Waals surface area contributed by atoms with Crippen molar-refractivity contribution in [3.05, 3.63) is 166 Å². The van der Waals surface area contributed by atoms with Crippen molar-refractivity contribution >= 4 is 49.2 Å². The van der Waals surface area contributed by atoms with E-state index < -0.39 is 0 Å². The number of benzene rings is 3. The van der Waals surface area contributed by atoms with Crippen molar-refractivity contribution in [3.8, 4) is 5.88 Å². The lowest BCUT2D eigenvalue weighted by atomic mass is 10.1. The molecule has 3 aliphatic heterocycles. The van der Waals surface area contributed by atoms with Gasteiger partial charge in [0.25, 0.3) is 0 Å². The van der Waals surface area contributed by atoms with E-state index in [1.54, 1.807) is 11.3 Å². The summed E-state index contributed by atoms with van der Waals surface area (Å²) in [7, 11) is 0. The second-order valence-electron chi connectivity index (χ2n) is 15.6. The van der Waals surface area contributed by atoms with Crippen LogP contribution in [0.25, 0.3) is 32.2 Å². The van der Waals surface area contributed by atoms with Crippen LogP contribution in [-0.4, -0.2) is 59.7 Å². The fourth-order valence-electron chi connectivity index (χ4n) is 7.15. The van der Waals surface area contributed by atoms with Crippen LogP contribution in [0, 0.1) is 41.5 Å². The number of nitrogens with zero attached hydrogens (tertiary/aromatic N) is 7. The molecule has 12 heteroatoms. The monoisotopic (exact) mass is 845 g/mol. The van der Waals surface area contributed by atoms with E-state index in [4.69, 9.17) is 9.47 Å². The highest BCUT2D eigenvalue weighted by molar-refractivity contribution is 7.16. The van der Waals surface area contributed by atoms with Crippen LogP contribution in [-0.2, 0) is 30.7 Å². The minimum Gasteiger partial charge on any atom is -0.478 e. The van der Waals surface area contributed by atoms with E-state index in [-0.39, 0.29) is 0 Å². The second-order valence-corrected chi connectivity index (χ2v) is 16.4. The largest absolute Gasteiger partial charge is 0.478 e. The number of aromatic amines is 1. The van der Waals surface area contributed by atoms with E-state index in [0.29, 0.717) is 0 Å². The number of hydrogen-bond donors (Lipinski definition) is 2. The van der Waals surface area contributed by atoms with E-state index >= 15 is 0 Å². The molecule has 0 bridgehead atoms. The van der Waals surface area contributed by atoms with Gasteiger partial charge in [-0.3, -0.25) is 15.1 Å². The molecule has 62 heavy (non-hydrogen) atoms. The van der Waals surface area contributed by atoms with Gasteiger partial charge in [-0.25, -0.2) is 14.6 Å². The third-order valence-electron chi connectivity index (χ3n) is 10.4. The molecule has 0 spiro atoms. The number of pyridine rings is 3. The number of hydrogen-bond acceptors (Lipinski definition) is 10. The summed E-state index contributed by atoms with van der Waals surface area (Å²) < 4.78 is 12.6. The fraction of sp³-hybridized carbons (Fsp3) is 0.280. The van der Waals surface area contributed by atoms with Crippen molar-refractivity contribution < 1.29 is 9.47 Å². The number of nitrogens with one attached hydrogen (secondary N) is 2. The van der Waals surface area contributed by atoms with Crippen LogP contribution in [0.4, 0.5) is 5.69 Å². The molecule has 0 saturated carbocycles. The number of rotatable bonds is 0. The van der Waals surface area contributed by atoms with Crippen LogP contribution in [0.15, 0.2) is 115 Å². The van der Waals surface area contributed by atoms with Gasteiger partial charge in [0.2, 0.25) is 5.88 Å². The number of aromatic nitrogens is 8. The number of ether oxygens (including phenoxy) is 2. The average molecular weight is 846 g/mol. The Labute approximate surface area is 367 Å². The van der Waals surface area contributed by atoms with Gasteiger partial charge >= 0.3 is 0 Å². The van der Waals surface area contributed by atoms with Crippen molar-refractivity contribution in [2.75, 3.05) is 25.1 Å².